The van der Waals surface area contributed by atoms with E-state index in [2.05, 4.69) is 54.3 Å². The maximum absolute atomic E-state index is 6.64. The molecule has 1 unspecified atom stereocenters. The molecule has 0 bridgehead atoms. The number of hydrogen-bond donors (Lipinski definition) is 0. The van der Waals surface area contributed by atoms with Crippen molar-refractivity contribution in [1.82, 2.24) is 4.90 Å². The molecule has 2 heterocycles. The minimum absolute atomic E-state index is 0.250. The van der Waals surface area contributed by atoms with Crippen LogP contribution in [0.2, 0.25) is 0 Å². The Labute approximate surface area is 214 Å². The molecule has 1 atom stereocenters. The van der Waals surface area contributed by atoms with E-state index in [4.69, 9.17) is 18.9 Å². The molecule has 0 aromatic heterocycles. The molecule has 3 aromatic carbocycles. The summed E-state index contributed by atoms with van der Waals surface area (Å²) in [4.78, 5) is 2.49. The molecule has 3 aromatic rings. The maximum Gasteiger partial charge on any atom is 0.150 e. The van der Waals surface area contributed by atoms with Crippen LogP contribution in [0.3, 0.4) is 0 Å². The smallest absolute Gasteiger partial charge is 0.150 e. The second-order valence-electron chi connectivity index (χ2n) is 9.45. The average molecular weight is 486 g/mol. The highest BCUT2D eigenvalue weighted by Crippen LogP contribution is 2.47. The molecule has 0 saturated carbocycles. The van der Waals surface area contributed by atoms with Crippen molar-refractivity contribution >= 4 is 11.1 Å². The van der Waals surface area contributed by atoms with E-state index in [0.717, 1.165) is 51.8 Å². The first-order valence-corrected chi connectivity index (χ1v) is 12.8. The number of piperidine rings is 1. The number of allylic oxidation sites excluding steroid dienone is 1. The van der Waals surface area contributed by atoms with Crippen LogP contribution in [0.1, 0.15) is 49.0 Å². The zero-order valence-electron chi connectivity index (χ0n) is 21.5. The Balaban J connectivity index is 1.40. The number of rotatable bonds is 8. The Kier molecular flexibility index (Phi) is 7.47. The van der Waals surface area contributed by atoms with Crippen molar-refractivity contribution < 1.29 is 18.9 Å². The zero-order valence-corrected chi connectivity index (χ0v) is 21.5. The van der Waals surface area contributed by atoms with E-state index in [-0.39, 0.29) is 6.10 Å². The molecule has 2 aliphatic rings. The zero-order chi connectivity index (χ0) is 24.9. The monoisotopic (exact) mass is 485 g/mol. The SMILES string of the molecule is COc1ccc(C2=C(C)c3ccc(OC)cc3OC2c2ccc(OCCN3CCCCC3)cc2)cc1. The number of methoxy groups -OCH3 is 2. The Morgan fingerprint density at radius 2 is 1.47 bits per heavy atom. The fraction of sp³-hybridized carbons (Fsp3) is 0.355. The summed E-state index contributed by atoms with van der Waals surface area (Å²) < 4.78 is 23.6. The van der Waals surface area contributed by atoms with Gasteiger partial charge in [0.05, 0.1) is 14.2 Å². The summed E-state index contributed by atoms with van der Waals surface area (Å²) in [7, 11) is 3.36. The van der Waals surface area contributed by atoms with Gasteiger partial charge in [0, 0.05) is 23.7 Å². The van der Waals surface area contributed by atoms with E-state index in [9.17, 15) is 0 Å². The molecule has 0 amide bonds. The highest BCUT2D eigenvalue weighted by atomic mass is 16.5. The second-order valence-corrected chi connectivity index (χ2v) is 9.45. The number of fused-ring (bicyclic) bond motifs is 1. The standard InChI is InChI=1S/C31H35NO4/c1-22-28-16-15-27(34-3)21-29(28)36-31(30(22)23-7-11-25(33-2)12-8-23)24-9-13-26(14-10-24)35-20-19-32-17-5-4-6-18-32/h7-16,21,31H,4-6,17-20H2,1-3H3. The molecule has 0 spiro atoms. The van der Waals surface area contributed by atoms with E-state index in [1.165, 1.54) is 37.9 Å². The van der Waals surface area contributed by atoms with Gasteiger partial charge in [-0.05, 0) is 86.0 Å². The summed E-state index contributed by atoms with van der Waals surface area (Å²) in [6.45, 7) is 6.23. The number of likely N-dealkylation sites (tertiary alicyclic amines) is 1. The topological polar surface area (TPSA) is 40.2 Å². The largest absolute Gasteiger partial charge is 0.497 e. The number of nitrogens with zero attached hydrogens (tertiary/aromatic N) is 1. The molecule has 188 valence electrons. The first kappa shape index (κ1) is 24.3. The van der Waals surface area contributed by atoms with Gasteiger partial charge in [0.1, 0.15) is 35.7 Å². The third-order valence-corrected chi connectivity index (χ3v) is 7.21. The number of ether oxygens (including phenoxy) is 4. The van der Waals surface area contributed by atoms with Gasteiger partial charge in [0.15, 0.2) is 0 Å². The maximum atomic E-state index is 6.64. The Morgan fingerprint density at radius 1 is 0.806 bits per heavy atom. The number of benzene rings is 3. The number of hydrogen-bond acceptors (Lipinski definition) is 5. The van der Waals surface area contributed by atoms with Gasteiger partial charge in [-0.15, -0.1) is 0 Å². The van der Waals surface area contributed by atoms with Crippen LogP contribution in [0.25, 0.3) is 11.1 Å². The van der Waals surface area contributed by atoms with Gasteiger partial charge in [-0.3, -0.25) is 4.90 Å². The summed E-state index contributed by atoms with van der Waals surface area (Å²) >= 11 is 0. The lowest BCUT2D eigenvalue weighted by Gasteiger charge is -2.31. The molecular weight excluding hydrogens is 450 g/mol. The Bertz CT molecular complexity index is 1190. The van der Waals surface area contributed by atoms with Crippen LogP contribution < -0.4 is 18.9 Å². The normalized spacial score (nSPS) is 17.8. The highest BCUT2D eigenvalue weighted by molar-refractivity contribution is 5.95. The van der Waals surface area contributed by atoms with Gasteiger partial charge in [-0.2, -0.15) is 0 Å². The third kappa shape index (κ3) is 5.21. The van der Waals surface area contributed by atoms with Crippen molar-refractivity contribution in [2.45, 2.75) is 32.3 Å². The molecule has 2 aliphatic heterocycles. The van der Waals surface area contributed by atoms with Gasteiger partial charge in [0.25, 0.3) is 0 Å². The van der Waals surface area contributed by atoms with Gasteiger partial charge >= 0.3 is 0 Å². The molecule has 36 heavy (non-hydrogen) atoms. The van der Waals surface area contributed by atoms with Crippen LogP contribution in [-0.4, -0.2) is 45.4 Å². The highest BCUT2D eigenvalue weighted by Gasteiger charge is 2.29. The van der Waals surface area contributed by atoms with Crippen LogP contribution in [0.15, 0.2) is 66.7 Å². The third-order valence-electron chi connectivity index (χ3n) is 7.21. The first-order valence-electron chi connectivity index (χ1n) is 12.8. The van der Waals surface area contributed by atoms with Crippen molar-refractivity contribution in [3.05, 3.63) is 83.4 Å². The quantitative estimate of drug-likeness (QED) is 0.358. The van der Waals surface area contributed by atoms with Gasteiger partial charge < -0.3 is 18.9 Å². The molecule has 5 rings (SSSR count). The predicted octanol–water partition coefficient (Wildman–Crippen LogP) is 6.63. The predicted molar refractivity (Wildman–Crippen MR) is 144 cm³/mol. The lowest BCUT2D eigenvalue weighted by molar-refractivity contribution is 0.183. The Morgan fingerprint density at radius 3 is 2.17 bits per heavy atom. The van der Waals surface area contributed by atoms with Crippen molar-refractivity contribution in [2.24, 2.45) is 0 Å². The molecular formula is C31H35NO4. The molecule has 5 heteroatoms. The second kappa shape index (κ2) is 11.1. The molecule has 0 N–H and O–H groups in total. The molecule has 0 aliphatic carbocycles. The van der Waals surface area contributed by atoms with Gasteiger partial charge in [-0.25, -0.2) is 0 Å². The van der Waals surface area contributed by atoms with E-state index < -0.39 is 0 Å². The summed E-state index contributed by atoms with van der Waals surface area (Å²) in [5, 5.41) is 0. The molecule has 1 fully saturated rings. The van der Waals surface area contributed by atoms with Crippen LogP contribution in [0, 0.1) is 0 Å². The summed E-state index contributed by atoms with van der Waals surface area (Å²) in [5.41, 5.74) is 5.61. The van der Waals surface area contributed by atoms with Crippen molar-refractivity contribution in [3.63, 3.8) is 0 Å². The summed E-state index contributed by atoms with van der Waals surface area (Å²) in [5.74, 6) is 3.34. The van der Waals surface area contributed by atoms with Crippen molar-refractivity contribution in [1.29, 1.82) is 0 Å². The minimum Gasteiger partial charge on any atom is -0.497 e. The molecule has 1 saturated heterocycles. The van der Waals surface area contributed by atoms with Crippen LogP contribution >= 0.6 is 0 Å². The molecule has 0 radical (unpaired) electrons. The first-order chi connectivity index (χ1) is 17.7. The lowest BCUT2D eigenvalue weighted by Crippen LogP contribution is -2.33. The lowest BCUT2D eigenvalue weighted by atomic mass is 9.86. The Hall–Kier alpha value is -3.44. The summed E-state index contributed by atoms with van der Waals surface area (Å²) in [6.07, 6.45) is 3.70. The van der Waals surface area contributed by atoms with Crippen LogP contribution in [0.5, 0.6) is 23.0 Å². The molecule has 5 nitrogen and oxygen atoms in total. The fourth-order valence-corrected chi connectivity index (χ4v) is 5.15. The van der Waals surface area contributed by atoms with Crippen LogP contribution in [-0.2, 0) is 0 Å². The van der Waals surface area contributed by atoms with E-state index >= 15 is 0 Å². The minimum atomic E-state index is -0.250. The van der Waals surface area contributed by atoms with E-state index in [0.29, 0.717) is 6.61 Å². The fourth-order valence-electron chi connectivity index (χ4n) is 5.15. The average Bonchev–Trinajstić information content (AvgIpc) is 2.94. The van der Waals surface area contributed by atoms with E-state index in [1.807, 2.05) is 24.3 Å². The summed E-state index contributed by atoms with van der Waals surface area (Å²) in [6, 6.07) is 22.5. The van der Waals surface area contributed by atoms with Gasteiger partial charge in [-0.1, -0.05) is 30.7 Å². The van der Waals surface area contributed by atoms with Crippen molar-refractivity contribution in [2.75, 3.05) is 40.5 Å². The van der Waals surface area contributed by atoms with Crippen LogP contribution in [0.4, 0.5) is 0 Å². The van der Waals surface area contributed by atoms with Gasteiger partial charge in [0.2, 0.25) is 0 Å². The van der Waals surface area contributed by atoms with E-state index in [1.54, 1.807) is 14.2 Å². The van der Waals surface area contributed by atoms with Crippen molar-refractivity contribution in [3.8, 4) is 23.0 Å².